The Kier molecular flexibility index (Phi) is 6.41. The van der Waals surface area contributed by atoms with Crippen LogP contribution in [0, 0.1) is 0 Å². The van der Waals surface area contributed by atoms with Gasteiger partial charge in [0.15, 0.2) is 0 Å². The predicted octanol–water partition coefficient (Wildman–Crippen LogP) is 15.0. The highest BCUT2D eigenvalue weighted by molar-refractivity contribution is 6.23. The van der Waals surface area contributed by atoms with Crippen LogP contribution in [0.25, 0.3) is 121 Å². The SMILES string of the molecule is c1ccc(-n2c3ccccc3c3ccc(-c4cccc5c4oc4ccccc45)c(-c4cccc5c6ccccc6n(-c6ccc7oc8ccccc8c7c6)c45)c32)cc1. The van der Waals surface area contributed by atoms with Crippen molar-refractivity contribution in [2.45, 2.75) is 0 Å². The molecule has 0 amide bonds. The molecule has 13 aromatic rings. The summed E-state index contributed by atoms with van der Waals surface area (Å²) in [5.41, 5.74) is 14.8. The molecule has 0 fully saturated rings. The van der Waals surface area contributed by atoms with Crippen LogP contribution in [-0.2, 0) is 0 Å². The third-order valence-electron chi connectivity index (χ3n) is 12.1. The highest BCUT2D eigenvalue weighted by atomic mass is 16.3. The molecule has 270 valence electrons. The number of para-hydroxylation sites is 7. The zero-order chi connectivity index (χ0) is 37.9. The van der Waals surface area contributed by atoms with E-state index in [-0.39, 0.29) is 0 Å². The van der Waals surface area contributed by atoms with Gasteiger partial charge in [0.1, 0.15) is 22.3 Å². The molecule has 0 radical (unpaired) electrons. The molecule has 0 saturated carbocycles. The molecule has 0 aliphatic rings. The zero-order valence-corrected chi connectivity index (χ0v) is 31.2. The van der Waals surface area contributed by atoms with Gasteiger partial charge in [0.25, 0.3) is 0 Å². The van der Waals surface area contributed by atoms with Gasteiger partial charge in [-0.2, -0.15) is 0 Å². The van der Waals surface area contributed by atoms with Crippen molar-refractivity contribution in [2.24, 2.45) is 0 Å². The minimum absolute atomic E-state index is 0.879. The predicted molar refractivity (Wildman–Crippen MR) is 241 cm³/mol. The van der Waals surface area contributed by atoms with Crippen LogP contribution in [0.2, 0.25) is 0 Å². The van der Waals surface area contributed by atoms with E-state index in [1.54, 1.807) is 0 Å². The highest BCUT2D eigenvalue weighted by Crippen LogP contribution is 2.49. The fourth-order valence-corrected chi connectivity index (χ4v) is 9.70. The van der Waals surface area contributed by atoms with Crippen molar-refractivity contribution in [3.8, 4) is 33.6 Å². The molecular weight excluding hydrogens is 709 g/mol. The van der Waals surface area contributed by atoms with Crippen molar-refractivity contribution in [3.05, 3.63) is 194 Å². The average molecular weight is 741 g/mol. The smallest absolute Gasteiger partial charge is 0.143 e. The lowest BCUT2D eigenvalue weighted by molar-refractivity contribution is 0.669. The van der Waals surface area contributed by atoms with Gasteiger partial charge in [-0.3, -0.25) is 0 Å². The van der Waals surface area contributed by atoms with Crippen LogP contribution in [-0.4, -0.2) is 9.13 Å². The normalized spacial score (nSPS) is 12.1. The summed E-state index contributed by atoms with van der Waals surface area (Å²) >= 11 is 0. The van der Waals surface area contributed by atoms with Crippen LogP contribution in [0.3, 0.4) is 0 Å². The lowest BCUT2D eigenvalue weighted by atomic mass is 9.90. The molecule has 4 heteroatoms. The van der Waals surface area contributed by atoms with Crippen LogP contribution in [0.5, 0.6) is 0 Å². The van der Waals surface area contributed by atoms with E-state index in [9.17, 15) is 0 Å². The van der Waals surface area contributed by atoms with E-state index < -0.39 is 0 Å². The molecule has 13 rings (SSSR count). The topological polar surface area (TPSA) is 36.1 Å². The summed E-state index contributed by atoms with van der Waals surface area (Å²) in [4.78, 5) is 0. The molecule has 0 spiro atoms. The summed E-state index contributed by atoms with van der Waals surface area (Å²) in [6.07, 6.45) is 0. The molecule has 4 heterocycles. The number of fused-ring (bicyclic) bond motifs is 12. The number of aromatic nitrogens is 2. The molecule has 0 aliphatic heterocycles. The third-order valence-corrected chi connectivity index (χ3v) is 12.1. The second-order valence-corrected chi connectivity index (χ2v) is 15.2. The van der Waals surface area contributed by atoms with Crippen LogP contribution < -0.4 is 0 Å². The van der Waals surface area contributed by atoms with Crippen LogP contribution in [0.4, 0.5) is 0 Å². The maximum absolute atomic E-state index is 6.79. The number of furan rings is 2. The Labute approximate surface area is 332 Å². The van der Waals surface area contributed by atoms with Gasteiger partial charge in [0.05, 0.1) is 22.1 Å². The number of rotatable bonds is 4. The summed E-state index contributed by atoms with van der Waals surface area (Å²) in [6, 6.07) is 69.6. The molecule has 4 aromatic heterocycles. The Balaban J connectivity index is 1.23. The molecule has 0 unspecified atom stereocenters. The molecule has 0 saturated heterocycles. The monoisotopic (exact) mass is 740 g/mol. The van der Waals surface area contributed by atoms with E-state index in [4.69, 9.17) is 8.83 Å². The van der Waals surface area contributed by atoms with Crippen LogP contribution in [0.1, 0.15) is 0 Å². The summed E-state index contributed by atoms with van der Waals surface area (Å²) in [6.45, 7) is 0. The maximum atomic E-state index is 6.79. The lowest BCUT2D eigenvalue weighted by Crippen LogP contribution is -1.99. The van der Waals surface area contributed by atoms with Gasteiger partial charge in [0.2, 0.25) is 0 Å². The Morgan fingerprint density at radius 3 is 1.60 bits per heavy atom. The first-order valence-corrected chi connectivity index (χ1v) is 19.8. The molecule has 0 N–H and O–H groups in total. The van der Waals surface area contributed by atoms with Gasteiger partial charge in [-0.1, -0.05) is 140 Å². The standard InChI is InChI=1S/C54H32N2O2/c1-2-14-33(15-3-1)55-46-24-8-5-17-36(46)41-30-29-39(43-22-13-21-42-37-18-6-11-27-49(37)58-54(42)43)51(53(41)55)44-23-12-20-40-35-16-4-9-25-47(35)56(52(40)44)34-28-31-50-45(32-34)38-19-7-10-26-48(38)57-50/h1-32H. The third kappa shape index (κ3) is 4.29. The number of benzene rings is 9. The summed E-state index contributed by atoms with van der Waals surface area (Å²) in [5, 5.41) is 9.23. The van der Waals surface area contributed by atoms with Gasteiger partial charge in [-0.25, -0.2) is 0 Å². The zero-order valence-electron chi connectivity index (χ0n) is 31.2. The first kappa shape index (κ1) is 31.4. The highest BCUT2D eigenvalue weighted by Gasteiger charge is 2.26. The van der Waals surface area contributed by atoms with Crippen molar-refractivity contribution in [2.75, 3.05) is 0 Å². The van der Waals surface area contributed by atoms with E-state index >= 15 is 0 Å². The Morgan fingerprint density at radius 2 is 0.845 bits per heavy atom. The average Bonchev–Trinajstić information content (AvgIpc) is 4.04. The Morgan fingerprint density at radius 1 is 0.293 bits per heavy atom. The first-order valence-electron chi connectivity index (χ1n) is 19.8. The molecule has 58 heavy (non-hydrogen) atoms. The van der Waals surface area contributed by atoms with Crippen molar-refractivity contribution >= 4 is 87.5 Å². The van der Waals surface area contributed by atoms with Gasteiger partial charge >= 0.3 is 0 Å². The van der Waals surface area contributed by atoms with Gasteiger partial charge < -0.3 is 18.0 Å². The summed E-state index contributed by atoms with van der Waals surface area (Å²) < 4.78 is 18.0. The molecular formula is C54H32N2O2. The van der Waals surface area contributed by atoms with Crippen LogP contribution in [0.15, 0.2) is 203 Å². The van der Waals surface area contributed by atoms with E-state index in [0.29, 0.717) is 0 Å². The second kappa shape index (κ2) is 11.8. The molecule has 0 aliphatic carbocycles. The van der Waals surface area contributed by atoms with Crippen molar-refractivity contribution in [1.29, 1.82) is 0 Å². The van der Waals surface area contributed by atoms with Crippen molar-refractivity contribution in [3.63, 3.8) is 0 Å². The summed E-state index contributed by atoms with van der Waals surface area (Å²) in [5.74, 6) is 0. The van der Waals surface area contributed by atoms with Gasteiger partial charge in [0, 0.05) is 71.2 Å². The van der Waals surface area contributed by atoms with Gasteiger partial charge in [-0.15, -0.1) is 0 Å². The molecule has 0 atom stereocenters. The first-order chi connectivity index (χ1) is 28.8. The number of nitrogens with zero attached hydrogens (tertiary/aromatic N) is 2. The molecule has 9 aromatic carbocycles. The molecule has 0 bridgehead atoms. The van der Waals surface area contributed by atoms with E-state index in [2.05, 4.69) is 185 Å². The Hall–Kier alpha value is -7.82. The Bertz CT molecular complexity index is 3800. The van der Waals surface area contributed by atoms with E-state index in [1.807, 2.05) is 18.2 Å². The fourth-order valence-electron chi connectivity index (χ4n) is 9.70. The van der Waals surface area contributed by atoms with E-state index in [0.717, 1.165) is 99.6 Å². The largest absolute Gasteiger partial charge is 0.456 e. The minimum Gasteiger partial charge on any atom is -0.456 e. The van der Waals surface area contributed by atoms with E-state index in [1.165, 1.54) is 21.5 Å². The lowest BCUT2D eigenvalue weighted by Gasteiger charge is -2.18. The maximum Gasteiger partial charge on any atom is 0.143 e. The minimum atomic E-state index is 0.879. The van der Waals surface area contributed by atoms with Crippen molar-refractivity contribution < 1.29 is 8.83 Å². The van der Waals surface area contributed by atoms with Crippen LogP contribution >= 0.6 is 0 Å². The van der Waals surface area contributed by atoms with Gasteiger partial charge in [-0.05, 0) is 60.2 Å². The number of hydrogen-bond donors (Lipinski definition) is 0. The van der Waals surface area contributed by atoms with Crippen molar-refractivity contribution in [1.82, 2.24) is 9.13 Å². The summed E-state index contributed by atoms with van der Waals surface area (Å²) in [7, 11) is 0. The second-order valence-electron chi connectivity index (χ2n) is 15.2. The quantitative estimate of drug-likeness (QED) is 0.180. The molecule has 4 nitrogen and oxygen atoms in total. The number of hydrogen-bond acceptors (Lipinski definition) is 2. The fraction of sp³-hybridized carbons (Fsp3) is 0.